The van der Waals surface area contributed by atoms with Crippen molar-refractivity contribution < 1.29 is 0 Å². The van der Waals surface area contributed by atoms with Crippen molar-refractivity contribution >= 4 is 17.3 Å². The van der Waals surface area contributed by atoms with Gasteiger partial charge in [0.25, 0.3) is 0 Å². The van der Waals surface area contributed by atoms with Crippen LogP contribution in [-0.4, -0.2) is 14.8 Å². The molecule has 0 unspecified atom stereocenters. The zero-order chi connectivity index (χ0) is 12.5. The maximum Gasteiger partial charge on any atom is 0.166 e. The largest absolute Gasteiger partial charge is 0.398 e. The normalized spacial score (nSPS) is 15.2. The van der Waals surface area contributed by atoms with Crippen molar-refractivity contribution in [3.63, 3.8) is 0 Å². The lowest BCUT2D eigenvalue weighted by Gasteiger charge is -2.09. The summed E-state index contributed by atoms with van der Waals surface area (Å²) in [5, 5.41) is 9.22. The van der Waals surface area contributed by atoms with Gasteiger partial charge in [0, 0.05) is 29.2 Å². The highest BCUT2D eigenvalue weighted by Crippen LogP contribution is 2.29. The Balaban J connectivity index is 2.09. The molecular weight excluding hydrogens is 248 g/mol. The monoisotopic (exact) mass is 262 g/mol. The highest BCUT2D eigenvalue weighted by Gasteiger charge is 2.17. The van der Waals surface area contributed by atoms with Crippen LogP contribution in [0, 0.1) is 0 Å². The molecule has 1 aliphatic rings. The fourth-order valence-corrected chi connectivity index (χ4v) is 2.60. The molecular formula is C13H15ClN4. The average molecular weight is 263 g/mol. The van der Waals surface area contributed by atoms with E-state index in [1.54, 1.807) is 6.07 Å². The number of fused-ring (bicyclic) bond motifs is 1. The number of anilines is 1. The summed E-state index contributed by atoms with van der Waals surface area (Å²) in [7, 11) is 0. The van der Waals surface area contributed by atoms with Crippen LogP contribution < -0.4 is 5.73 Å². The second kappa shape index (κ2) is 4.61. The van der Waals surface area contributed by atoms with Crippen LogP contribution in [0.2, 0.25) is 5.02 Å². The zero-order valence-electron chi connectivity index (χ0n) is 10.1. The minimum atomic E-state index is 0.645. The summed E-state index contributed by atoms with van der Waals surface area (Å²) in [4.78, 5) is 0. The molecule has 2 aromatic rings. The van der Waals surface area contributed by atoms with E-state index < -0.39 is 0 Å². The van der Waals surface area contributed by atoms with Crippen LogP contribution >= 0.6 is 11.6 Å². The van der Waals surface area contributed by atoms with Crippen molar-refractivity contribution in [2.45, 2.75) is 32.2 Å². The summed E-state index contributed by atoms with van der Waals surface area (Å²) in [5.41, 5.74) is 7.59. The van der Waals surface area contributed by atoms with E-state index in [1.807, 2.05) is 12.1 Å². The number of nitrogens with two attached hydrogens (primary N) is 1. The molecule has 0 saturated carbocycles. The van der Waals surface area contributed by atoms with Gasteiger partial charge in [-0.2, -0.15) is 0 Å². The summed E-state index contributed by atoms with van der Waals surface area (Å²) in [6.45, 7) is 0.972. The van der Waals surface area contributed by atoms with E-state index in [1.165, 1.54) is 19.3 Å². The molecule has 1 aromatic heterocycles. The minimum Gasteiger partial charge on any atom is -0.398 e. The maximum atomic E-state index is 6.02. The lowest BCUT2D eigenvalue weighted by atomic mass is 10.1. The Morgan fingerprint density at radius 2 is 2.06 bits per heavy atom. The van der Waals surface area contributed by atoms with Crippen molar-refractivity contribution in [3.8, 4) is 11.4 Å². The molecule has 2 heterocycles. The minimum absolute atomic E-state index is 0.645. The maximum absolute atomic E-state index is 6.02. The van der Waals surface area contributed by atoms with E-state index in [0.717, 1.165) is 30.2 Å². The van der Waals surface area contributed by atoms with Gasteiger partial charge in [0.15, 0.2) is 5.82 Å². The van der Waals surface area contributed by atoms with Crippen LogP contribution in [-0.2, 0) is 13.0 Å². The van der Waals surface area contributed by atoms with Gasteiger partial charge in [-0.1, -0.05) is 18.0 Å². The van der Waals surface area contributed by atoms with Crippen LogP contribution in [0.5, 0.6) is 0 Å². The third kappa shape index (κ3) is 1.97. The molecule has 0 aliphatic carbocycles. The van der Waals surface area contributed by atoms with Gasteiger partial charge >= 0.3 is 0 Å². The SMILES string of the molecule is Nc1cc(Cl)ccc1-c1nnc2n1CCCCC2. The van der Waals surface area contributed by atoms with Crippen molar-refractivity contribution in [2.24, 2.45) is 0 Å². The van der Waals surface area contributed by atoms with Crippen molar-refractivity contribution in [3.05, 3.63) is 29.0 Å². The number of hydrogen-bond donors (Lipinski definition) is 1. The molecule has 0 spiro atoms. The Bertz CT molecular complexity index is 576. The number of hydrogen-bond acceptors (Lipinski definition) is 3. The summed E-state index contributed by atoms with van der Waals surface area (Å²) < 4.78 is 2.19. The number of benzene rings is 1. The molecule has 0 amide bonds. The molecule has 94 valence electrons. The van der Waals surface area contributed by atoms with E-state index in [4.69, 9.17) is 17.3 Å². The molecule has 0 atom stereocenters. The van der Waals surface area contributed by atoms with Crippen molar-refractivity contribution in [2.75, 3.05) is 5.73 Å². The third-order valence-electron chi connectivity index (χ3n) is 3.36. The highest BCUT2D eigenvalue weighted by molar-refractivity contribution is 6.31. The Morgan fingerprint density at radius 3 is 2.89 bits per heavy atom. The Hall–Kier alpha value is -1.55. The molecule has 5 heteroatoms. The summed E-state index contributed by atoms with van der Waals surface area (Å²) in [5.74, 6) is 1.93. The predicted molar refractivity (Wildman–Crippen MR) is 72.4 cm³/mol. The smallest absolute Gasteiger partial charge is 0.166 e. The van der Waals surface area contributed by atoms with Crippen LogP contribution in [0.25, 0.3) is 11.4 Å². The van der Waals surface area contributed by atoms with Crippen molar-refractivity contribution in [1.29, 1.82) is 0 Å². The number of halogens is 1. The van der Waals surface area contributed by atoms with Crippen LogP contribution in [0.15, 0.2) is 18.2 Å². The molecule has 3 rings (SSSR count). The molecule has 0 radical (unpaired) electrons. The van der Waals surface area contributed by atoms with E-state index >= 15 is 0 Å². The number of nitrogens with zero attached hydrogens (tertiary/aromatic N) is 3. The van der Waals surface area contributed by atoms with Crippen LogP contribution in [0.1, 0.15) is 25.1 Å². The molecule has 1 aliphatic heterocycles. The van der Waals surface area contributed by atoms with Gasteiger partial charge in [-0.05, 0) is 31.0 Å². The van der Waals surface area contributed by atoms with Gasteiger partial charge in [0.2, 0.25) is 0 Å². The number of nitrogen functional groups attached to an aromatic ring is 1. The topological polar surface area (TPSA) is 56.7 Å². The molecule has 1 aromatic carbocycles. The predicted octanol–water partition coefficient (Wildman–Crippen LogP) is 2.91. The number of rotatable bonds is 1. The highest BCUT2D eigenvalue weighted by atomic mass is 35.5. The standard InChI is InChI=1S/C13H15ClN4/c14-9-5-6-10(11(15)8-9)13-17-16-12-4-2-1-3-7-18(12)13/h5-6,8H,1-4,7,15H2. The first kappa shape index (κ1) is 11.5. The van der Waals surface area contributed by atoms with Crippen LogP contribution in [0.4, 0.5) is 5.69 Å². The molecule has 18 heavy (non-hydrogen) atoms. The molecule has 2 N–H and O–H groups in total. The van der Waals surface area contributed by atoms with Gasteiger partial charge in [0.1, 0.15) is 5.82 Å². The lowest BCUT2D eigenvalue weighted by Crippen LogP contribution is -2.04. The average Bonchev–Trinajstić information content (AvgIpc) is 2.59. The van der Waals surface area contributed by atoms with Gasteiger partial charge < -0.3 is 10.3 Å². The Morgan fingerprint density at radius 1 is 1.17 bits per heavy atom. The van der Waals surface area contributed by atoms with Gasteiger partial charge in [-0.3, -0.25) is 0 Å². The Labute approximate surface area is 111 Å². The summed E-state index contributed by atoms with van der Waals surface area (Å²) >= 11 is 5.93. The van der Waals surface area contributed by atoms with E-state index in [2.05, 4.69) is 14.8 Å². The van der Waals surface area contributed by atoms with Gasteiger partial charge in [-0.15, -0.1) is 10.2 Å². The second-order valence-corrected chi connectivity index (χ2v) is 5.07. The molecule has 4 nitrogen and oxygen atoms in total. The van der Waals surface area contributed by atoms with E-state index in [0.29, 0.717) is 10.7 Å². The van der Waals surface area contributed by atoms with Gasteiger partial charge in [0.05, 0.1) is 0 Å². The quantitative estimate of drug-likeness (QED) is 0.804. The number of aromatic nitrogens is 3. The second-order valence-electron chi connectivity index (χ2n) is 4.63. The zero-order valence-corrected chi connectivity index (χ0v) is 10.8. The molecule has 0 fully saturated rings. The fourth-order valence-electron chi connectivity index (χ4n) is 2.42. The number of aryl methyl sites for hydroxylation is 1. The lowest BCUT2D eigenvalue weighted by molar-refractivity contribution is 0.637. The van der Waals surface area contributed by atoms with Crippen LogP contribution in [0.3, 0.4) is 0 Å². The third-order valence-corrected chi connectivity index (χ3v) is 3.60. The molecule has 0 bridgehead atoms. The molecule has 0 saturated heterocycles. The van der Waals surface area contributed by atoms with E-state index in [9.17, 15) is 0 Å². The first-order chi connectivity index (χ1) is 8.75. The Kier molecular flexibility index (Phi) is 2.96. The fraction of sp³-hybridized carbons (Fsp3) is 0.385. The first-order valence-electron chi connectivity index (χ1n) is 6.23. The summed E-state index contributed by atoms with van der Waals surface area (Å²) in [6.07, 6.45) is 4.61. The van der Waals surface area contributed by atoms with Crippen molar-refractivity contribution in [1.82, 2.24) is 14.8 Å². The van der Waals surface area contributed by atoms with Gasteiger partial charge in [-0.25, -0.2) is 0 Å². The summed E-state index contributed by atoms with van der Waals surface area (Å²) in [6, 6.07) is 5.51. The van der Waals surface area contributed by atoms with E-state index in [-0.39, 0.29) is 0 Å². The first-order valence-corrected chi connectivity index (χ1v) is 6.61.